The lowest BCUT2D eigenvalue weighted by atomic mass is 10.2. The number of aryl methyl sites for hydroxylation is 1. The molecule has 1 saturated heterocycles. The number of nitrogens with one attached hydrogen (secondary N) is 1. The van der Waals surface area contributed by atoms with Crippen molar-refractivity contribution >= 4 is 23.4 Å². The molecule has 8 heteroatoms. The number of amides is 1. The van der Waals surface area contributed by atoms with Gasteiger partial charge in [-0.2, -0.15) is 10.2 Å². The summed E-state index contributed by atoms with van der Waals surface area (Å²) < 4.78 is 5.21. The lowest BCUT2D eigenvalue weighted by Gasteiger charge is -2.35. The summed E-state index contributed by atoms with van der Waals surface area (Å²) >= 11 is 0. The molecule has 8 nitrogen and oxygen atoms in total. The number of aromatic nitrogens is 2. The molecule has 3 heterocycles. The average molecular weight is 388 g/mol. The SMILES string of the molecule is Cc1cc(N2CCN(C(=O)c3ccco3)CC2)nc(Nc2ccccc2C#N)n1. The standard InChI is InChI=1S/C21H20N6O2/c1-15-13-19(25-21(23-15)24-17-6-3-2-5-16(17)14-22)26-8-10-27(11-9-26)20(28)18-7-4-12-29-18/h2-7,12-13H,8-11H2,1H3,(H,23,24,25). The summed E-state index contributed by atoms with van der Waals surface area (Å²) in [4.78, 5) is 25.4. The first kappa shape index (κ1) is 18.5. The summed E-state index contributed by atoms with van der Waals surface area (Å²) in [5.41, 5.74) is 2.02. The number of nitrogens with zero attached hydrogens (tertiary/aromatic N) is 5. The van der Waals surface area contributed by atoms with Crippen LogP contribution in [0.25, 0.3) is 0 Å². The van der Waals surface area contributed by atoms with Gasteiger partial charge in [0.15, 0.2) is 5.76 Å². The largest absolute Gasteiger partial charge is 0.459 e. The lowest BCUT2D eigenvalue weighted by molar-refractivity contribution is 0.0714. The van der Waals surface area contributed by atoms with Crippen LogP contribution in [0.2, 0.25) is 0 Å². The second-order valence-electron chi connectivity index (χ2n) is 6.73. The quantitative estimate of drug-likeness (QED) is 0.734. The third-order valence-corrected chi connectivity index (χ3v) is 4.76. The molecule has 3 aromatic rings. The maximum Gasteiger partial charge on any atom is 0.289 e. The van der Waals surface area contributed by atoms with Crippen LogP contribution in [0.3, 0.4) is 0 Å². The van der Waals surface area contributed by atoms with Gasteiger partial charge in [-0.3, -0.25) is 4.79 Å². The Morgan fingerprint density at radius 1 is 1.14 bits per heavy atom. The number of hydrogen-bond acceptors (Lipinski definition) is 7. The Balaban J connectivity index is 1.47. The number of para-hydroxylation sites is 1. The van der Waals surface area contributed by atoms with Crippen molar-refractivity contribution in [3.05, 3.63) is 65.7 Å². The second-order valence-corrected chi connectivity index (χ2v) is 6.73. The predicted molar refractivity (Wildman–Crippen MR) is 108 cm³/mol. The van der Waals surface area contributed by atoms with Gasteiger partial charge in [0, 0.05) is 37.9 Å². The molecule has 0 atom stereocenters. The van der Waals surface area contributed by atoms with E-state index < -0.39 is 0 Å². The number of carbonyl (C=O) groups excluding carboxylic acids is 1. The molecular weight excluding hydrogens is 368 g/mol. The number of hydrogen-bond donors (Lipinski definition) is 1. The maximum absolute atomic E-state index is 12.4. The lowest BCUT2D eigenvalue weighted by Crippen LogP contribution is -2.49. The Bertz CT molecular complexity index is 1050. The number of carbonyl (C=O) groups is 1. The molecular formula is C21H20N6O2. The Morgan fingerprint density at radius 2 is 1.93 bits per heavy atom. The molecule has 0 saturated carbocycles. The van der Waals surface area contributed by atoms with Crippen molar-refractivity contribution in [3.8, 4) is 6.07 Å². The van der Waals surface area contributed by atoms with Gasteiger partial charge in [0.05, 0.1) is 17.5 Å². The molecule has 0 unspecified atom stereocenters. The van der Waals surface area contributed by atoms with Crippen LogP contribution in [0.4, 0.5) is 17.5 Å². The minimum absolute atomic E-state index is 0.0935. The fourth-order valence-corrected chi connectivity index (χ4v) is 3.27. The van der Waals surface area contributed by atoms with E-state index in [1.54, 1.807) is 23.1 Å². The highest BCUT2D eigenvalue weighted by molar-refractivity contribution is 5.91. The monoisotopic (exact) mass is 388 g/mol. The normalized spacial score (nSPS) is 13.8. The molecule has 1 amide bonds. The number of rotatable bonds is 4. The Hall–Kier alpha value is -3.86. The molecule has 146 valence electrons. The van der Waals surface area contributed by atoms with Crippen LogP contribution in [-0.2, 0) is 0 Å². The van der Waals surface area contributed by atoms with Crippen LogP contribution in [0.15, 0.2) is 53.1 Å². The molecule has 1 fully saturated rings. The average Bonchev–Trinajstić information content (AvgIpc) is 3.28. The van der Waals surface area contributed by atoms with Crippen molar-refractivity contribution in [2.24, 2.45) is 0 Å². The van der Waals surface area contributed by atoms with E-state index in [1.165, 1.54) is 6.26 Å². The van der Waals surface area contributed by atoms with E-state index in [0.29, 0.717) is 49.1 Å². The van der Waals surface area contributed by atoms with Crippen LogP contribution in [0, 0.1) is 18.3 Å². The molecule has 29 heavy (non-hydrogen) atoms. The number of anilines is 3. The zero-order valence-corrected chi connectivity index (χ0v) is 16.0. The van der Waals surface area contributed by atoms with Crippen molar-refractivity contribution in [2.45, 2.75) is 6.92 Å². The van der Waals surface area contributed by atoms with Gasteiger partial charge < -0.3 is 19.5 Å². The van der Waals surface area contributed by atoms with E-state index in [1.807, 2.05) is 31.2 Å². The second kappa shape index (κ2) is 8.02. The van der Waals surface area contributed by atoms with E-state index >= 15 is 0 Å². The maximum atomic E-state index is 12.4. The molecule has 1 aliphatic rings. The van der Waals surface area contributed by atoms with Gasteiger partial charge in [-0.05, 0) is 31.2 Å². The molecule has 0 bridgehead atoms. The third-order valence-electron chi connectivity index (χ3n) is 4.76. The highest BCUT2D eigenvalue weighted by Gasteiger charge is 2.24. The van der Waals surface area contributed by atoms with E-state index in [0.717, 1.165) is 11.5 Å². The molecule has 0 aliphatic carbocycles. The van der Waals surface area contributed by atoms with Crippen molar-refractivity contribution < 1.29 is 9.21 Å². The summed E-state index contributed by atoms with van der Waals surface area (Å²) in [5.74, 6) is 1.50. The van der Waals surface area contributed by atoms with Gasteiger partial charge in [0.1, 0.15) is 11.9 Å². The highest BCUT2D eigenvalue weighted by Crippen LogP contribution is 2.22. The fourth-order valence-electron chi connectivity index (χ4n) is 3.27. The zero-order chi connectivity index (χ0) is 20.2. The summed E-state index contributed by atoms with van der Waals surface area (Å²) in [6.07, 6.45) is 1.51. The van der Waals surface area contributed by atoms with E-state index in [4.69, 9.17) is 4.42 Å². The van der Waals surface area contributed by atoms with Gasteiger partial charge in [-0.1, -0.05) is 12.1 Å². The number of benzene rings is 1. The molecule has 4 rings (SSSR count). The van der Waals surface area contributed by atoms with Gasteiger partial charge in [-0.25, -0.2) is 4.98 Å². The molecule has 1 aliphatic heterocycles. The van der Waals surface area contributed by atoms with Crippen molar-refractivity contribution in [3.63, 3.8) is 0 Å². The van der Waals surface area contributed by atoms with Crippen LogP contribution in [0.1, 0.15) is 21.8 Å². The highest BCUT2D eigenvalue weighted by atomic mass is 16.3. The Labute approximate surface area is 168 Å². The summed E-state index contributed by atoms with van der Waals surface area (Å²) in [6.45, 7) is 4.41. The number of furan rings is 1. The van der Waals surface area contributed by atoms with Gasteiger partial charge >= 0.3 is 0 Å². The smallest absolute Gasteiger partial charge is 0.289 e. The first-order chi connectivity index (χ1) is 14.1. The van der Waals surface area contributed by atoms with Gasteiger partial charge in [-0.15, -0.1) is 0 Å². The minimum atomic E-state index is -0.0935. The van der Waals surface area contributed by atoms with Crippen LogP contribution in [0.5, 0.6) is 0 Å². The van der Waals surface area contributed by atoms with E-state index in [-0.39, 0.29) is 5.91 Å². The van der Waals surface area contributed by atoms with Crippen molar-refractivity contribution in [1.82, 2.24) is 14.9 Å². The summed E-state index contributed by atoms with van der Waals surface area (Å²) in [5, 5.41) is 12.4. The van der Waals surface area contributed by atoms with Gasteiger partial charge in [0.2, 0.25) is 5.95 Å². The Kier molecular flexibility index (Phi) is 5.12. The number of nitriles is 1. The summed E-state index contributed by atoms with van der Waals surface area (Å²) in [7, 11) is 0. The zero-order valence-electron chi connectivity index (χ0n) is 16.0. The number of piperazine rings is 1. The van der Waals surface area contributed by atoms with Gasteiger partial charge in [0.25, 0.3) is 5.91 Å². The predicted octanol–water partition coefficient (Wildman–Crippen LogP) is 2.96. The first-order valence-corrected chi connectivity index (χ1v) is 9.33. The minimum Gasteiger partial charge on any atom is -0.459 e. The Morgan fingerprint density at radius 3 is 2.66 bits per heavy atom. The molecule has 1 aromatic carbocycles. The van der Waals surface area contributed by atoms with Crippen LogP contribution >= 0.6 is 0 Å². The molecule has 0 radical (unpaired) electrons. The van der Waals surface area contributed by atoms with Crippen molar-refractivity contribution in [1.29, 1.82) is 5.26 Å². The first-order valence-electron chi connectivity index (χ1n) is 9.33. The molecule has 2 aromatic heterocycles. The summed E-state index contributed by atoms with van der Waals surface area (Å²) in [6, 6.07) is 14.7. The van der Waals surface area contributed by atoms with E-state index in [9.17, 15) is 10.1 Å². The van der Waals surface area contributed by atoms with Crippen LogP contribution < -0.4 is 10.2 Å². The fraction of sp³-hybridized carbons (Fsp3) is 0.238. The van der Waals surface area contributed by atoms with Crippen LogP contribution in [-0.4, -0.2) is 47.0 Å². The van der Waals surface area contributed by atoms with Crippen molar-refractivity contribution in [2.75, 3.05) is 36.4 Å². The molecule has 0 spiro atoms. The topological polar surface area (TPSA) is 98.3 Å². The third kappa shape index (κ3) is 4.04. The van der Waals surface area contributed by atoms with E-state index in [2.05, 4.69) is 26.3 Å². The molecule has 1 N–H and O–H groups in total.